The van der Waals surface area contributed by atoms with Crippen molar-refractivity contribution in [1.29, 1.82) is 0 Å². The van der Waals surface area contributed by atoms with E-state index in [-0.39, 0.29) is 22.8 Å². The van der Waals surface area contributed by atoms with Crippen molar-refractivity contribution in [1.82, 2.24) is 14.8 Å². The van der Waals surface area contributed by atoms with Crippen LogP contribution in [0.5, 0.6) is 0 Å². The normalized spacial score (nSPS) is 15.8. The van der Waals surface area contributed by atoms with E-state index >= 15 is 0 Å². The summed E-state index contributed by atoms with van der Waals surface area (Å²) in [5, 5.41) is 6.87. The van der Waals surface area contributed by atoms with Gasteiger partial charge in [0, 0.05) is 11.6 Å². The van der Waals surface area contributed by atoms with Gasteiger partial charge in [0.15, 0.2) is 10.9 Å². The van der Waals surface area contributed by atoms with Crippen molar-refractivity contribution in [3.05, 3.63) is 45.4 Å². The highest BCUT2D eigenvalue weighted by atomic mass is 32.2. The second kappa shape index (κ2) is 5.76. The molecule has 1 fully saturated rings. The van der Waals surface area contributed by atoms with Crippen LogP contribution in [0.1, 0.15) is 47.3 Å². The van der Waals surface area contributed by atoms with E-state index in [2.05, 4.69) is 10.2 Å². The highest BCUT2D eigenvalue weighted by molar-refractivity contribution is 8.00. The van der Waals surface area contributed by atoms with Gasteiger partial charge in [-0.2, -0.15) is 0 Å². The number of aromatic amines is 1. The molecular formula is C16H19N3O2S. The van der Waals surface area contributed by atoms with E-state index in [0.29, 0.717) is 10.7 Å². The number of nitrogens with one attached hydrogen (secondary N) is 1. The van der Waals surface area contributed by atoms with Crippen molar-refractivity contribution in [2.24, 2.45) is 0 Å². The lowest BCUT2D eigenvalue weighted by atomic mass is 10.0. The van der Waals surface area contributed by atoms with Crippen LogP contribution < -0.4 is 5.69 Å². The molecule has 1 aliphatic carbocycles. The molecule has 2 aromatic rings. The fourth-order valence-corrected chi connectivity index (χ4v) is 3.37. The Hall–Kier alpha value is -1.82. The van der Waals surface area contributed by atoms with Crippen LogP contribution in [0.4, 0.5) is 0 Å². The summed E-state index contributed by atoms with van der Waals surface area (Å²) in [5.74, 6) is 0.0610. The van der Waals surface area contributed by atoms with Crippen LogP contribution in [0.3, 0.4) is 0 Å². The average Bonchev–Trinajstić information content (AvgIpc) is 3.26. The molecule has 0 spiro atoms. The Balaban J connectivity index is 1.79. The number of Topliss-reactive ketones (excluding diaryl/α,β-unsaturated/α-hetero) is 1. The highest BCUT2D eigenvalue weighted by Crippen LogP contribution is 2.37. The number of ketones is 1. The SMILES string of the molecule is Cc1ccc(C(=O)[C@H](C)Sc2n[nH]c(=O)n2C2CC2)cc1C. The molecule has 1 aromatic carbocycles. The van der Waals surface area contributed by atoms with Crippen LogP contribution in [0.2, 0.25) is 0 Å². The number of carbonyl (C=O) groups is 1. The van der Waals surface area contributed by atoms with Gasteiger partial charge in [-0.15, -0.1) is 5.10 Å². The van der Waals surface area contributed by atoms with Gasteiger partial charge in [0.05, 0.1) is 5.25 Å². The molecule has 1 heterocycles. The summed E-state index contributed by atoms with van der Waals surface area (Å²) in [6, 6.07) is 6.00. The smallest absolute Gasteiger partial charge is 0.293 e. The molecule has 1 aliphatic rings. The number of carbonyl (C=O) groups excluding carboxylic acids is 1. The van der Waals surface area contributed by atoms with Crippen LogP contribution >= 0.6 is 11.8 Å². The minimum atomic E-state index is -0.283. The monoisotopic (exact) mass is 317 g/mol. The molecule has 0 aliphatic heterocycles. The lowest BCUT2D eigenvalue weighted by Gasteiger charge is -2.11. The Morgan fingerprint density at radius 2 is 2.09 bits per heavy atom. The Labute approximate surface area is 133 Å². The molecule has 0 saturated heterocycles. The molecule has 116 valence electrons. The largest absolute Gasteiger partial charge is 0.344 e. The van der Waals surface area contributed by atoms with E-state index in [1.807, 2.05) is 39.0 Å². The topological polar surface area (TPSA) is 67.8 Å². The van der Waals surface area contributed by atoms with Crippen molar-refractivity contribution < 1.29 is 4.79 Å². The third kappa shape index (κ3) is 2.88. The molecule has 0 amide bonds. The Morgan fingerprint density at radius 1 is 1.36 bits per heavy atom. The first-order valence-corrected chi connectivity index (χ1v) is 8.30. The first-order valence-electron chi connectivity index (χ1n) is 7.42. The van der Waals surface area contributed by atoms with Crippen LogP contribution in [0.25, 0.3) is 0 Å². The predicted octanol–water partition coefficient (Wildman–Crippen LogP) is 2.89. The van der Waals surface area contributed by atoms with Gasteiger partial charge in [-0.25, -0.2) is 9.89 Å². The first-order chi connectivity index (χ1) is 10.5. The van der Waals surface area contributed by atoms with Crippen molar-refractivity contribution >= 4 is 17.5 Å². The third-order valence-corrected chi connectivity index (χ3v) is 5.09. The summed E-state index contributed by atoms with van der Waals surface area (Å²) >= 11 is 1.34. The summed E-state index contributed by atoms with van der Waals surface area (Å²) in [6.45, 7) is 5.89. The van der Waals surface area contributed by atoms with E-state index in [4.69, 9.17) is 0 Å². The van der Waals surface area contributed by atoms with Gasteiger partial charge >= 0.3 is 5.69 Å². The zero-order valence-electron chi connectivity index (χ0n) is 12.9. The molecule has 5 nitrogen and oxygen atoms in total. The van der Waals surface area contributed by atoms with Gasteiger partial charge in [0.2, 0.25) is 0 Å². The van der Waals surface area contributed by atoms with Crippen molar-refractivity contribution in [3.8, 4) is 0 Å². The van der Waals surface area contributed by atoms with Crippen molar-refractivity contribution in [2.45, 2.75) is 50.1 Å². The fraction of sp³-hybridized carbons (Fsp3) is 0.438. The minimum absolute atomic E-state index is 0.0610. The number of hydrogen-bond acceptors (Lipinski definition) is 4. The van der Waals surface area contributed by atoms with Gasteiger partial charge in [0.1, 0.15) is 0 Å². The standard InChI is InChI=1S/C16H19N3O2S/c1-9-4-5-12(8-10(9)2)14(20)11(3)22-16-18-17-15(21)19(16)13-6-7-13/h4-5,8,11,13H,6-7H2,1-3H3,(H,17,21)/t11-/m0/s1. The molecule has 0 unspecified atom stereocenters. The molecule has 22 heavy (non-hydrogen) atoms. The van der Waals surface area contributed by atoms with Crippen LogP contribution in [0, 0.1) is 13.8 Å². The van der Waals surface area contributed by atoms with Crippen LogP contribution in [-0.4, -0.2) is 25.8 Å². The maximum atomic E-state index is 12.6. The number of rotatable bonds is 5. The lowest BCUT2D eigenvalue weighted by Crippen LogP contribution is -2.18. The molecule has 1 atom stereocenters. The van der Waals surface area contributed by atoms with E-state index in [1.54, 1.807) is 4.57 Å². The molecular weight excluding hydrogens is 298 g/mol. The van der Waals surface area contributed by atoms with Crippen LogP contribution in [0.15, 0.2) is 28.2 Å². The lowest BCUT2D eigenvalue weighted by molar-refractivity contribution is 0.0993. The average molecular weight is 317 g/mol. The summed E-state index contributed by atoms with van der Waals surface area (Å²) in [4.78, 5) is 24.3. The van der Waals surface area contributed by atoms with Crippen molar-refractivity contribution in [3.63, 3.8) is 0 Å². The number of hydrogen-bond donors (Lipinski definition) is 1. The van der Waals surface area contributed by atoms with Gasteiger partial charge in [-0.3, -0.25) is 9.36 Å². The molecule has 1 saturated carbocycles. The van der Waals surface area contributed by atoms with Crippen LogP contribution in [-0.2, 0) is 0 Å². The van der Waals surface area contributed by atoms with Gasteiger partial charge in [-0.05, 0) is 50.8 Å². The zero-order valence-corrected chi connectivity index (χ0v) is 13.7. The third-order valence-electron chi connectivity index (χ3n) is 4.03. The number of aryl methyl sites for hydroxylation is 2. The second-order valence-electron chi connectivity index (χ2n) is 5.84. The number of H-pyrrole nitrogens is 1. The van der Waals surface area contributed by atoms with E-state index in [0.717, 1.165) is 18.4 Å². The maximum absolute atomic E-state index is 12.6. The molecule has 1 N–H and O–H groups in total. The number of thioether (sulfide) groups is 1. The van der Waals surface area contributed by atoms with E-state index in [9.17, 15) is 9.59 Å². The molecule has 0 bridgehead atoms. The highest BCUT2D eigenvalue weighted by Gasteiger charge is 2.30. The second-order valence-corrected chi connectivity index (χ2v) is 7.14. The minimum Gasteiger partial charge on any atom is -0.293 e. The Morgan fingerprint density at radius 3 is 2.73 bits per heavy atom. The number of nitrogens with zero attached hydrogens (tertiary/aromatic N) is 2. The molecule has 3 rings (SSSR count). The predicted molar refractivity (Wildman–Crippen MR) is 86.7 cm³/mol. The number of aromatic nitrogens is 3. The summed E-state index contributed by atoms with van der Waals surface area (Å²) in [7, 11) is 0. The van der Waals surface area contributed by atoms with Gasteiger partial charge in [-0.1, -0.05) is 23.9 Å². The summed E-state index contributed by atoms with van der Waals surface area (Å²) in [5.41, 5.74) is 2.80. The number of benzene rings is 1. The van der Waals surface area contributed by atoms with Gasteiger partial charge in [0.25, 0.3) is 0 Å². The van der Waals surface area contributed by atoms with E-state index in [1.165, 1.54) is 17.3 Å². The fourth-order valence-electron chi connectivity index (χ4n) is 2.37. The molecule has 0 radical (unpaired) electrons. The Bertz CT molecular complexity index is 774. The molecule has 6 heteroatoms. The Kier molecular flexibility index (Phi) is 3.95. The molecule has 1 aromatic heterocycles. The first kappa shape index (κ1) is 15.1. The zero-order chi connectivity index (χ0) is 15.9. The van der Waals surface area contributed by atoms with Crippen molar-refractivity contribution in [2.75, 3.05) is 0 Å². The quantitative estimate of drug-likeness (QED) is 0.680. The summed E-state index contributed by atoms with van der Waals surface area (Å²) in [6.07, 6.45) is 2.01. The maximum Gasteiger partial charge on any atom is 0.344 e. The van der Waals surface area contributed by atoms with E-state index < -0.39 is 0 Å². The summed E-state index contributed by atoms with van der Waals surface area (Å²) < 4.78 is 1.68. The van der Waals surface area contributed by atoms with Gasteiger partial charge < -0.3 is 0 Å².